The molecule has 0 saturated carbocycles. The van der Waals surface area contributed by atoms with Crippen LogP contribution >= 0.6 is 15.9 Å². The summed E-state index contributed by atoms with van der Waals surface area (Å²) in [5.74, 6) is -0.470. The molecule has 0 spiro atoms. The van der Waals surface area contributed by atoms with Gasteiger partial charge in [0, 0.05) is 41.5 Å². The summed E-state index contributed by atoms with van der Waals surface area (Å²) < 4.78 is 1.73. The van der Waals surface area contributed by atoms with Crippen LogP contribution in [0.3, 0.4) is 0 Å². The minimum atomic E-state index is -0.530. The lowest BCUT2D eigenvalue weighted by Gasteiger charge is -2.07. The van der Waals surface area contributed by atoms with E-state index in [0.717, 1.165) is 0 Å². The number of nitrogens with zero attached hydrogens (tertiary/aromatic N) is 2. The summed E-state index contributed by atoms with van der Waals surface area (Å²) in [4.78, 5) is 33.6. The number of halogens is 1. The van der Waals surface area contributed by atoms with Crippen LogP contribution in [0.1, 0.15) is 10.4 Å². The molecule has 8 heteroatoms. The summed E-state index contributed by atoms with van der Waals surface area (Å²) in [7, 11) is 1.58. The van der Waals surface area contributed by atoms with Crippen LogP contribution in [0.2, 0.25) is 0 Å². The van der Waals surface area contributed by atoms with Gasteiger partial charge in [-0.05, 0) is 28.1 Å². The van der Waals surface area contributed by atoms with E-state index >= 15 is 0 Å². The first-order valence-corrected chi connectivity index (χ1v) is 6.60. The van der Waals surface area contributed by atoms with Gasteiger partial charge in [0.1, 0.15) is 0 Å². The third-order valence-electron chi connectivity index (χ3n) is 2.78. The number of nitrogens with one attached hydrogen (secondary N) is 1. The number of nitro groups is 1. The molecule has 0 saturated heterocycles. The second-order valence-corrected chi connectivity index (χ2v) is 5.09. The number of benzene rings is 1. The van der Waals surface area contributed by atoms with Crippen LogP contribution in [0.5, 0.6) is 0 Å². The zero-order valence-corrected chi connectivity index (χ0v) is 12.5. The molecule has 1 aromatic carbocycles. The van der Waals surface area contributed by atoms with Gasteiger partial charge in [-0.15, -0.1) is 0 Å². The SMILES string of the molecule is Cn1ccc(C(=O)Nc2ccc([N+](=O)[O-])cc2Br)cc1=O. The summed E-state index contributed by atoms with van der Waals surface area (Å²) in [6, 6.07) is 6.72. The quantitative estimate of drug-likeness (QED) is 0.677. The molecule has 0 aliphatic rings. The molecule has 21 heavy (non-hydrogen) atoms. The molecule has 0 fully saturated rings. The molecular formula is C13H10BrN3O4. The van der Waals surface area contributed by atoms with E-state index in [1.807, 2.05) is 0 Å². The lowest BCUT2D eigenvalue weighted by Crippen LogP contribution is -2.20. The molecule has 1 aromatic heterocycles. The van der Waals surface area contributed by atoms with Crippen molar-refractivity contribution in [1.29, 1.82) is 0 Å². The molecule has 0 aliphatic heterocycles. The van der Waals surface area contributed by atoms with Crippen LogP contribution in [0.4, 0.5) is 11.4 Å². The normalized spacial score (nSPS) is 10.2. The average Bonchev–Trinajstić information content (AvgIpc) is 2.43. The molecule has 7 nitrogen and oxygen atoms in total. The molecule has 0 atom stereocenters. The van der Waals surface area contributed by atoms with E-state index in [0.29, 0.717) is 10.2 Å². The van der Waals surface area contributed by atoms with Gasteiger partial charge in [0.2, 0.25) is 0 Å². The number of hydrogen-bond acceptors (Lipinski definition) is 4. The van der Waals surface area contributed by atoms with Gasteiger partial charge in [0.15, 0.2) is 0 Å². The van der Waals surface area contributed by atoms with Crippen molar-refractivity contribution < 1.29 is 9.72 Å². The molecule has 2 rings (SSSR count). The van der Waals surface area contributed by atoms with Gasteiger partial charge < -0.3 is 9.88 Å². The Morgan fingerprint density at radius 3 is 2.62 bits per heavy atom. The van der Waals surface area contributed by atoms with E-state index in [9.17, 15) is 19.7 Å². The van der Waals surface area contributed by atoms with Gasteiger partial charge in [-0.25, -0.2) is 0 Å². The monoisotopic (exact) mass is 351 g/mol. The number of amides is 1. The first kappa shape index (κ1) is 14.9. The number of hydrogen-bond donors (Lipinski definition) is 1. The van der Waals surface area contributed by atoms with Crippen LogP contribution in [0.15, 0.2) is 45.8 Å². The Morgan fingerprint density at radius 2 is 2.05 bits per heavy atom. The van der Waals surface area contributed by atoms with Crippen molar-refractivity contribution in [3.05, 3.63) is 67.0 Å². The number of aryl methyl sites for hydroxylation is 1. The van der Waals surface area contributed by atoms with Gasteiger partial charge in [0.05, 0.1) is 10.6 Å². The minimum absolute atomic E-state index is 0.0894. The predicted octanol–water partition coefficient (Wildman–Crippen LogP) is 2.31. The van der Waals surface area contributed by atoms with E-state index in [1.165, 1.54) is 41.1 Å². The highest BCUT2D eigenvalue weighted by atomic mass is 79.9. The van der Waals surface area contributed by atoms with Gasteiger partial charge in [-0.3, -0.25) is 19.7 Å². The summed E-state index contributed by atoms with van der Waals surface area (Å²) in [6.45, 7) is 0. The smallest absolute Gasteiger partial charge is 0.270 e. The second-order valence-electron chi connectivity index (χ2n) is 4.24. The molecule has 1 amide bonds. The fraction of sp³-hybridized carbons (Fsp3) is 0.0769. The maximum atomic E-state index is 12.0. The molecule has 0 bridgehead atoms. The lowest BCUT2D eigenvalue weighted by atomic mass is 10.2. The third kappa shape index (κ3) is 3.34. The van der Waals surface area contributed by atoms with Crippen LogP contribution in [0.25, 0.3) is 0 Å². The average molecular weight is 352 g/mol. The van der Waals surface area contributed by atoms with Crippen molar-refractivity contribution in [3.63, 3.8) is 0 Å². The fourth-order valence-electron chi connectivity index (χ4n) is 1.60. The largest absolute Gasteiger partial charge is 0.321 e. The fourth-order valence-corrected chi connectivity index (χ4v) is 2.07. The highest BCUT2D eigenvalue weighted by Crippen LogP contribution is 2.27. The van der Waals surface area contributed by atoms with E-state index in [4.69, 9.17) is 0 Å². The number of anilines is 1. The predicted molar refractivity (Wildman–Crippen MR) is 80.4 cm³/mol. The van der Waals surface area contributed by atoms with Gasteiger partial charge in [-0.2, -0.15) is 0 Å². The van der Waals surface area contributed by atoms with Crippen LogP contribution < -0.4 is 10.9 Å². The Bertz CT molecular complexity index is 785. The van der Waals surface area contributed by atoms with Crippen molar-refractivity contribution in [3.8, 4) is 0 Å². The molecule has 108 valence electrons. The van der Waals surface area contributed by atoms with E-state index in [-0.39, 0.29) is 16.8 Å². The van der Waals surface area contributed by atoms with Crippen LogP contribution in [0, 0.1) is 10.1 Å². The molecule has 2 aromatic rings. The van der Waals surface area contributed by atoms with Crippen molar-refractivity contribution in [2.75, 3.05) is 5.32 Å². The zero-order chi connectivity index (χ0) is 15.6. The number of rotatable bonds is 3. The summed E-state index contributed by atoms with van der Waals surface area (Å²) in [6.07, 6.45) is 1.49. The number of non-ortho nitro benzene ring substituents is 1. The number of nitro benzene ring substituents is 1. The van der Waals surface area contributed by atoms with Gasteiger partial charge >= 0.3 is 0 Å². The lowest BCUT2D eigenvalue weighted by molar-refractivity contribution is -0.384. The van der Waals surface area contributed by atoms with Gasteiger partial charge in [0.25, 0.3) is 17.2 Å². The molecule has 1 N–H and O–H groups in total. The van der Waals surface area contributed by atoms with Crippen molar-refractivity contribution in [1.82, 2.24) is 4.57 Å². The highest BCUT2D eigenvalue weighted by molar-refractivity contribution is 9.10. The Morgan fingerprint density at radius 1 is 1.33 bits per heavy atom. The second kappa shape index (κ2) is 5.88. The standard InChI is InChI=1S/C13H10BrN3O4/c1-16-5-4-8(6-12(16)18)13(19)15-11-3-2-9(17(20)21)7-10(11)14/h2-7H,1H3,(H,15,19). The number of aromatic nitrogens is 1. The van der Waals surface area contributed by atoms with Crippen molar-refractivity contribution in [2.45, 2.75) is 0 Å². The highest BCUT2D eigenvalue weighted by Gasteiger charge is 2.12. The number of carbonyl (C=O) groups is 1. The van der Waals surface area contributed by atoms with E-state index in [1.54, 1.807) is 7.05 Å². The Kier molecular flexibility index (Phi) is 4.18. The first-order chi connectivity index (χ1) is 9.88. The van der Waals surface area contributed by atoms with Crippen LogP contribution in [-0.4, -0.2) is 15.4 Å². The Balaban J connectivity index is 2.25. The first-order valence-electron chi connectivity index (χ1n) is 5.80. The Hall–Kier alpha value is -2.48. The molecule has 0 aliphatic carbocycles. The number of carbonyl (C=O) groups excluding carboxylic acids is 1. The summed E-state index contributed by atoms with van der Waals surface area (Å²) in [5.41, 5.74) is 0.202. The minimum Gasteiger partial charge on any atom is -0.321 e. The molecule has 0 unspecified atom stereocenters. The summed E-state index contributed by atoms with van der Waals surface area (Å²) >= 11 is 3.16. The van der Waals surface area contributed by atoms with Gasteiger partial charge in [-0.1, -0.05) is 0 Å². The van der Waals surface area contributed by atoms with E-state index in [2.05, 4.69) is 21.2 Å². The topological polar surface area (TPSA) is 94.2 Å². The molecule has 1 heterocycles. The van der Waals surface area contributed by atoms with E-state index < -0.39 is 10.8 Å². The van der Waals surface area contributed by atoms with Crippen molar-refractivity contribution in [2.24, 2.45) is 7.05 Å². The maximum Gasteiger partial charge on any atom is 0.270 e. The Labute approximate surface area is 127 Å². The van der Waals surface area contributed by atoms with Crippen LogP contribution in [-0.2, 0) is 7.05 Å². The maximum absolute atomic E-state index is 12.0. The third-order valence-corrected chi connectivity index (χ3v) is 3.43. The molecular weight excluding hydrogens is 342 g/mol. The molecule has 0 radical (unpaired) electrons. The zero-order valence-electron chi connectivity index (χ0n) is 10.9. The number of pyridine rings is 1. The summed E-state index contributed by atoms with van der Waals surface area (Å²) in [5, 5.41) is 13.2. The van der Waals surface area contributed by atoms with Crippen molar-refractivity contribution >= 4 is 33.2 Å².